The topological polar surface area (TPSA) is 33.1 Å². The summed E-state index contributed by atoms with van der Waals surface area (Å²) in [4.78, 5) is 2.52. The SMILES string of the molecule is CC1CN(CCc2ccnn2C)CCN1. The number of aryl methyl sites for hydroxylation is 1. The van der Waals surface area contributed by atoms with E-state index in [0.717, 1.165) is 26.1 Å². The van der Waals surface area contributed by atoms with Crippen molar-refractivity contribution in [3.8, 4) is 0 Å². The van der Waals surface area contributed by atoms with E-state index < -0.39 is 0 Å². The molecule has 1 fully saturated rings. The summed E-state index contributed by atoms with van der Waals surface area (Å²) >= 11 is 0. The fourth-order valence-electron chi connectivity index (χ4n) is 2.13. The molecule has 0 aromatic carbocycles. The fourth-order valence-corrected chi connectivity index (χ4v) is 2.13. The Labute approximate surface area is 91.3 Å². The monoisotopic (exact) mass is 208 g/mol. The maximum Gasteiger partial charge on any atom is 0.0492 e. The van der Waals surface area contributed by atoms with Crippen molar-refractivity contribution < 1.29 is 0 Å². The lowest BCUT2D eigenvalue weighted by atomic mass is 10.2. The predicted octanol–water partition coefficient (Wildman–Crippen LogP) is 0.256. The molecule has 0 saturated carbocycles. The minimum absolute atomic E-state index is 0.630. The molecule has 0 radical (unpaired) electrons. The molecule has 4 heteroatoms. The smallest absolute Gasteiger partial charge is 0.0492 e. The van der Waals surface area contributed by atoms with E-state index in [1.165, 1.54) is 12.2 Å². The minimum Gasteiger partial charge on any atom is -0.312 e. The molecule has 2 rings (SSSR count). The molecule has 0 spiro atoms. The highest BCUT2D eigenvalue weighted by Gasteiger charge is 2.15. The maximum absolute atomic E-state index is 4.18. The molecule has 1 saturated heterocycles. The Kier molecular flexibility index (Phi) is 3.38. The van der Waals surface area contributed by atoms with E-state index in [-0.39, 0.29) is 0 Å². The molecule has 1 aliphatic rings. The molecule has 15 heavy (non-hydrogen) atoms. The summed E-state index contributed by atoms with van der Waals surface area (Å²) < 4.78 is 1.96. The number of piperazine rings is 1. The first-order chi connectivity index (χ1) is 7.25. The largest absolute Gasteiger partial charge is 0.312 e. The molecule has 4 nitrogen and oxygen atoms in total. The van der Waals surface area contributed by atoms with Crippen LogP contribution < -0.4 is 5.32 Å². The van der Waals surface area contributed by atoms with Gasteiger partial charge in [0.1, 0.15) is 0 Å². The van der Waals surface area contributed by atoms with E-state index in [1.807, 2.05) is 17.9 Å². The Morgan fingerprint density at radius 2 is 2.47 bits per heavy atom. The van der Waals surface area contributed by atoms with Crippen LogP contribution in [0.3, 0.4) is 0 Å². The molecule has 1 aromatic rings. The second-order valence-corrected chi connectivity index (χ2v) is 4.35. The molecule has 1 atom stereocenters. The highest BCUT2D eigenvalue weighted by Crippen LogP contribution is 2.03. The standard InChI is InChI=1S/C11H20N4/c1-10-9-15(8-6-12-10)7-4-11-3-5-13-14(11)2/h3,5,10,12H,4,6-9H2,1-2H3. The van der Waals surface area contributed by atoms with Gasteiger partial charge in [0.05, 0.1) is 0 Å². The summed E-state index contributed by atoms with van der Waals surface area (Å²) in [6, 6.07) is 2.73. The lowest BCUT2D eigenvalue weighted by molar-refractivity contribution is 0.208. The van der Waals surface area contributed by atoms with Crippen molar-refractivity contribution in [1.82, 2.24) is 20.0 Å². The van der Waals surface area contributed by atoms with E-state index >= 15 is 0 Å². The summed E-state index contributed by atoms with van der Waals surface area (Å²) in [6.07, 6.45) is 2.97. The Balaban J connectivity index is 1.80. The number of hydrogen-bond acceptors (Lipinski definition) is 3. The Morgan fingerprint density at radius 3 is 3.13 bits per heavy atom. The van der Waals surface area contributed by atoms with Gasteiger partial charge in [0.25, 0.3) is 0 Å². The molecule has 2 heterocycles. The van der Waals surface area contributed by atoms with Crippen LogP contribution in [0.4, 0.5) is 0 Å². The van der Waals surface area contributed by atoms with Crippen LogP contribution in [0.5, 0.6) is 0 Å². The van der Waals surface area contributed by atoms with Crippen LogP contribution in [0, 0.1) is 0 Å². The van der Waals surface area contributed by atoms with Crippen molar-refractivity contribution >= 4 is 0 Å². The first-order valence-corrected chi connectivity index (χ1v) is 5.68. The fraction of sp³-hybridized carbons (Fsp3) is 0.727. The lowest BCUT2D eigenvalue weighted by Crippen LogP contribution is -2.49. The van der Waals surface area contributed by atoms with Crippen molar-refractivity contribution in [2.75, 3.05) is 26.2 Å². The molecule has 0 amide bonds. The van der Waals surface area contributed by atoms with Gasteiger partial charge in [0.15, 0.2) is 0 Å². The summed E-state index contributed by atoms with van der Waals surface area (Å²) in [7, 11) is 2.01. The number of nitrogens with zero attached hydrogens (tertiary/aromatic N) is 3. The van der Waals surface area contributed by atoms with Gasteiger partial charge in [-0.1, -0.05) is 0 Å². The van der Waals surface area contributed by atoms with E-state index in [1.54, 1.807) is 0 Å². The normalized spacial score (nSPS) is 23.2. The van der Waals surface area contributed by atoms with Crippen LogP contribution in [0.2, 0.25) is 0 Å². The number of nitrogens with one attached hydrogen (secondary N) is 1. The van der Waals surface area contributed by atoms with Gasteiger partial charge in [-0.25, -0.2) is 0 Å². The second-order valence-electron chi connectivity index (χ2n) is 4.35. The van der Waals surface area contributed by atoms with Gasteiger partial charge in [0.2, 0.25) is 0 Å². The molecule has 1 N–H and O–H groups in total. The highest BCUT2D eigenvalue weighted by atomic mass is 15.3. The van der Waals surface area contributed by atoms with Crippen molar-refractivity contribution in [2.45, 2.75) is 19.4 Å². The Morgan fingerprint density at radius 1 is 1.60 bits per heavy atom. The summed E-state index contributed by atoms with van der Waals surface area (Å²) in [5.74, 6) is 0. The second kappa shape index (κ2) is 4.77. The Bertz CT molecular complexity index is 307. The van der Waals surface area contributed by atoms with Crippen molar-refractivity contribution in [2.24, 2.45) is 7.05 Å². The van der Waals surface area contributed by atoms with E-state index in [0.29, 0.717) is 6.04 Å². The lowest BCUT2D eigenvalue weighted by Gasteiger charge is -2.31. The quantitative estimate of drug-likeness (QED) is 0.773. The Hall–Kier alpha value is -0.870. The van der Waals surface area contributed by atoms with Crippen molar-refractivity contribution in [3.05, 3.63) is 18.0 Å². The molecule has 0 bridgehead atoms. The molecule has 1 aromatic heterocycles. The average molecular weight is 208 g/mol. The number of rotatable bonds is 3. The predicted molar refractivity (Wildman–Crippen MR) is 60.8 cm³/mol. The van der Waals surface area contributed by atoms with Crippen molar-refractivity contribution in [1.29, 1.82) is 0 Å². The molecular formula is C11H20N4. The molecule has 1 unspecified atom stereocenters. The van der Waals surface area contributed by atoms with Gasteiger partial charge in [-0.05, 0) is 13.0 Å². The van der Waals surface area contributed by atoms with Gasteiger partial charge in [-0.3, -0.25) is 4.68 Å². The average Bonchev–Trinajstić information content (AvgIpc) is 2.61. The van der Waals surface area contributed by atoms with Crippen LogP contribution in [0.1, 0.15) is 12.6 Å². The van der Waals surface area contributed by atoms with E-state index in [2.05, 4.69) is 28.3 Å². The zero-order valence-electron chi connectivity index (χ0n) is 9.61. The van der Waals surface area contributed by atoms with Gasteiger partial charge < -0.3 is 10.2 Å². The zero-order chi connectivity index (χ0) is 10.7. The summed E-state index contributed by atoms with van der Waals surface area (Å²) in [6.45, 7) is 6.84. The third kappa shape index (κ3) is 2.79. The first-order valence-electron chi connectivity index (χ1n) is 5.68. The van der Waals surface area contributed by atoms with Crippen LogP contribution in [-0.2, 0) is 13.5 Å². The van der Waals surface area contributed by atoms with Crippen LogP contribution in [0.15, 0.2) is 12.3 Å². The molecule has 0 aliphatic carbocycles. The highest BCUT2D eigenvalue weighted by molar-refractivity contribution is 5.00. The summed E-state index contributed by atoms with van der Waals surface area (Å²) in [5, 5.41) is 7.64. The molecule has 84 valence electrons. The van der Waals surface area contributed by atoms with Gasteiger partial charge in [0, 0.05) is 57.6 Å². The first kappa shape index (κ1) is 10.6. The maximum atomic E-state index is 4.18. The van der Waals surface area contributed by atoms with E-state index in [4.69, 9.17) is 0 Å². The zero-order valence-corrected chi connectivity index (χ0v) is 9.61. The molecule has 1 aliphatic heterocycles. The number of aromatic nitrogens is 2. The van der Waals surface area contributed by atoms with Crippen molar-refractivity contribution in [3.63, 3.8) is 0 Å². The summed E-state index contributed by atoms with van der Waals surface area (Å²) in [5.41, 5.74) is 1.32. The number of hydrogen-bond donors (Lipinski definition) is 1. The van der Waals surface area contributed by atoms with Gasteiger partial charge in [-0.2, -0.15) is 5.10 Å². The van der Waals surface area contributed by atoms with E-state index in [9.17, 15) is 0 Å². The minimum atomic E-state index is 0.630. The van der Waals surface area contributed by atoms with Gasteiger partial charge >= 0.3 is 0 Å². The van der Waals surface area contributed by atoms with Crippen LogP contribution >= 0.6 is 0 Å². The van der Waals surface area contributed by atoms with Crippen LogP contribution in [-0.4, -0.2) is 46.9 Å². The van der Waals surface area contributed by atoms with Crippen LogP contribution in [0.25, 0.3) is 0 Å². The van der Waals surface area contributed by atoms with Gasteiger partial charge in [-0.15, -0.1) is 0 Å². The molecular weight excluding hydrogens is 188 g/mol. The third-order valence-electron chi connectivity index (χ3n) is 3.06. The third-order valence-corrected chi connectivity index (χ3v) is 3.06.